The summed E-state index contributed by atoms with van der Waals surface area (Å²) in [6.45, 7) is 14.0. The number of hydrogen-bond acceptors (Lipinski definition) is 2. The van der Waals surface area contributed by atoms with E-state index in [2.05, 4.69) is 32.7 Å². The van der Waals surface area contributed by atoms with Gasteiger partial charge in [-0.3, -0.25) is 9.69 Å². The van der Waals surface area contributed by atoms with Crippen molar-refractivity contribution in [3.63, 3.8) is 0 Å². The lowest BCUT2D eigenvalue weighted by atomic mass is 9.71. The Bertz CT molecular complexity index is 282. The number of piperidine rings is 1. The first-order valence-corrected chi connectivity index (χ1v) is 6.78. The predicted molar refractivity (Wildman–Crippen MR) is 73.1 cm³/mol. The molecule has 100 valence electrons. The third-order valence-corrected chi connectivity index (χ3v) is 4.14. The van der Waals surface area contributed by atoms with E-state index in [1.54, 1.807) is 0 Å². The van der Waals surface area contributed by atoms with Crippen molar-refractivity contribution in [2.45, 2.75) is 60.4 Å². The smallest absolute Gasteiger partial charge is 0.155 e. The molecule has 0 N–H and O–H groups in total. The van der Waals surface area contributed by atoms with Gasteiger partial charge in [-0.1, -0.05) is 41.5 Å². The normalized spacial score (nSPS) is 28.2. The average molecular weight is 239 g/mol. The molecular formula is C15H29NO. The highest BCUT2D eigenvalue weighted by atomic mass is 16.1. The van der Waals surface area contributed by atoms with Crippen molar-refractivity contribution in [2.75, 3.05) is 13.6 Å². The summed E-state index contributed by atoms with van der Waals surface area (Å²) in [5.41, 5.74) is 0.0936. The van der Waals surface area contributed by atoms with Crippen LogP contribution in [0, 0.1) is 16.7 Å². The maximum absolute atomic E-state index is 12.5. The van der Waals surface area contributed by atoms with E-state index in [0.717, 1.165) is 13.0 Å². The summed E-state index contributed by atoms with van der Waals surface area (Å²) in [4.78, 5) is 14.7. The fraction of sp³-hybridized carbons (Fsp3) is 0.933. The van der Waals surface area contributed by atoms with Crippen LogP contribution in [0.1, 0.15) is 54.4 Å². The summed E-state index contributed by atoms with van der Waals surface area (Å²) in [5, 5.41) is 0. The number of likely N-dealkylation sites (N-methyl/N-ethyl adjacent to an activating group) is 1. The van der Waals surface area contributed by atoms with Gasteiger partial charge in [0.05, 0.1) is 6.04 Å². The number of carbonyl (C=O) groups excluding carboxylic acids is 1. The Balaban J connectivity index is 2.81. The molecule has 1 saturated heterocycles. The maximum atomic E-state index is 12.5. The second-order valence-corrected chi connectivity index (χ2v) is 7.70. The lowest BCUT2D eigenvalue weighted by Gasteiger charge is -2.43. The second-order valence-electron chi connectivity index (χ2n) is 7.70. The summed E-state index contributed by atoms with van der Waals surface area (Å²) < 4.78 is 0. The van der Waals surface area contributed by atoms with E-state index < -0.39 is 0 Å². The van der Waals surface area contributed by atoms with Crippen molar-refractivity contribution in [1.29, 1.82) is 0 Å². The number of hydrogen-bond donors (Lipinski definition) is 0. The van der Waals surface area contributed by atoms with Crippen LogP contribution in [0.15, 0.2) is 0 Å². The quantitative estimate of drug-likeness (QED) is 0.699. The molecule has 0 spiro atoms. The van der Waals surface area contributed by atoms with E-state index in [1.165, 1.54) is 6.42 Å². The van der Waals surface area contributed by atoms with Crippen LogP contribution in [0.25, 0.3) is 0 Å². The molecule has 0 unspecified atom stereocenters. The molecule has 0 bridgehead atoms. The second kappa shape index (κ2) is 4.72. The first-order chi connectivity index (χ1) is 7.53. The van der Waals surface area contributed by atoms with Gasteiger partial charge in [0, 0.05) is 5.41 Å². The highest BCUT2D eigenvalue weighted by Crippen LogP contribution is 2.38. The van der Waals surface area contributed by atoms with Crippen molar-refractivity contribution in [2.24, 2.45) is 16.7 Å². The fourth-order valence-electron chi connectivity index (χ4n) is 2.68. The van der Waals surface area contributed by atoms with Crippen molar-refractivity contribution < 1.29 is 4.79 Å². The van der Waals surface area contributed by atoms with Gasteiger partial charge in [0.15, 0.2) is 5.78 Å². The van der Waals surface area contributed by atoms with E-state index >= 15 is 0 Å². The number of carbonyl (C=O) groups is 1. The Hall–Kier alpha value is -0.370. The summed E-state index contributed by atoms with van der Waals surface area (Å²) in [7, 11) is 2.09. The summed E-state index contributed by atoms with van der Waals surface area (Å²) in [6, 6.07) is 0.118. The van der Waals surface area contributed by atoms with E-state index in [1.807, 2.05) is 20.8 Å². The minimum absolute atomic E-state index is 0.118. The monoisotopic (exact) mass is 239 g/mol. The predicted octanol–water partition coefficient (Wildman–Crippen LogP) is 3.36. The molecule has 0 aromatic carbocycles. The van der Waals surface area contributed by atoms with Gasteiger partial charge in [0.2, 0.25) is 0 Å². The largest absolute Gasteiger partial charge is 0.297 e. The number of ketones is 1. The summed E-state index contributed by atoms with van der Waals surface area (Å²) in [5.74, 6) is 1.06. The molecule has 1 fully saturated rings. The summed E-state index contributed by atoms with van der Waals surface area (Å²) in [6.07, 6.45) is 2.24. The molecule has 0 aromatic rings. The van der Waals surface area contributed by atoms with Crippen LogP contribution in [0.3, 0.4) is 0 Å². The van der Waals surface area contributed by atoms with Gasteiger partial charge in [-0.25, -0.2) is 0 Å². The Kier molecular flexibility index (Phi) is 4.08. The molecule has 2 heteroatoms. The molecule has 0 saturated carbocycles. The van der Waals surface area contributed by atoms with Crippen LogP contribution in [0.2, 0.25) is 0 Å². The minimum atomic E-state index is -0.224. The van der Waals surface area contributed by atoms with Crippen LogP contribution in [-0.2, 0) is 4.79 Å². The lowest BCUT2D eigenvalue weighted by molar-refractivity contribution is -0.133. The Labute approximate surface area is 107 Å². The standard InChI is InChI=1S/C15H29NO/c1-14(2,3)11-8-9-16(7)12(10-11)13(17)15(4,5)6/h11-12H,8-10H2,1-7H3/t11-,12+/m1/s1. The van der Waals surface area contributed by atoms with E-state index in [-0.39, 0.29) is 11.5 Å². The Morgan fingerprint density at radius 3 is 2.06 bits per heavy atom. The number of likely N-dealkylation sites (tertiary alicyclic amines) is 1. The van der Waals surface area contributed by atoms with E-state index in [4.69, 9.17) is 0 Å². The molecule has 1 aliphatic rings. The zero-order valence-corrected chi connectivity index (χ0v) is 12.6. The fourth-order valence-corrected chi connectivity index (χ4v) is 2.68. The first kappa shape index (κ1) is 14.7. The number of rotatable bonds is 1. The number of Topliss-reactive ketones (excluding diaryl/α,β-unsaturated/α-hetero) is 1. The molecule has 0 amide bonds. The van der Waals surface area contributed by atoms with Gasteiger partial charge < -0.3 is 0 Å². The highest BCUT2D eigenvalue weighted by molar-refractivity contribution is 5.88. The molecule has 0 aliphatic carbocycles. The van der Waals surface area contributed by atoms with Crippen LogP contribution >= 0.6 is 0 Å². The van der Waals surface area contributed by atoms with Gasteiger partial charge in [-0.2, -0.15) is 0 Å². The van der Waals surface area contributed by atoms with Gasteiger partial charge in [-0.15, -0.1) is 0 Å². The van der Waals surface area contributed by atoms with Gasteiger partial charge in [0.25, 0.3) is 0 Å². The first-order valence-electron chi connectivity index (χ1n) is 6.78. The Morgan fingerprint density at radius 1 is 1.12 bits per heavy atom. The average Bonchev–Trinajstić information content (AvgIpc) is 2.14. The molecular weight excluding hydrogens is 210 g/mol. The number of nitrogens with zero attached hydrogens (tertiary/aromatic N) is 1. The molecule has 1 heterocycles. The Morgan fingerprint density at radius 2 is 1.65 bits per heavy atom. The highest BCUT2D eigenvalue weighted by Gasteiger charge is 2.39. The third kappa shape index (κ3) is 3.54. The molecule has 2 atom stereocenters. The third-order valence-electron chi connectivity index (χ3n) is 4.14. The SMILES string of the molecule is CN1CC[C@@H](C(C)(C)C)C[C@H]1C(=O)C(C)(C)C. The van der Waals surface area contributed by atoms with Crippen LogP contribution < -0.4 is 0 Å². The van der Waals surface area contributed by atoms with Crippen molar-refractivity contribution in [1.82, 2.24) is 4.90 Å². The zero-order chi connectivity index (χ0) is 13.4. The van der Waals surface area contributed by atoms with Crippen molar-refractivity contribution >= 4 is 5.78 Å². The van der Waals surface area contributed by atoms with Crippen molar-refractivity contribution in [3.8, 4) is 0 Å². The van der Waals surface area contributed by atoms with Crippen LogP contribution in [0.5, 0.6) is 0 Å². The topological polar surface area (TPSA) is 20.3 Å². The molecule has 0 radical (unpaired) electrons. The lowest BCUT2D eigenvalue weighted by Crippen LogP contribution is -2.50. The maximum Gasteiger partial charge on any atom is 0.155 e. The molecule has 17 heavy (non-hydrogen) atoms. The zero-order valence-electron chi connectivity index (χ0n) is 12.6. The van der Waals surface area contributed by atoms with Gasteiger partial charge >= 0.3 is 0 Å². The van der Waals surface area contributed by atoms with Crippen LogP contribution in [-0.4, -0.2) is 30.3 Å². The summed E-state index contributed by atoms with van der Waals surface area (Å²) >= 11 is 0. The van der Waals surface area contributed by atoms with E-state index in [0.29, 0.717) is 17.1 Å². The van der Waals surface area contributed by atoms with Crippen molar-refractivity contribution in [3.05, 3.63) is 0 Å². The van der Waals surface area contributed by atoms with Gasteiger partial charge in [-0.05, 0) is 37.8 Å². The minimum Gasteiger partial charge on any atom is -0.297 e. The van der Waals surface area contributed by atoms with E-state index in [9.17, 15) is 4.79 Å². The van der Waals surface area contributed by atoms with Crippen LogP contribution in [0.4, 0.5) is 0 Å². The molecule has 2 nitrogen and oxygen atoms in total. The van der Waals surface area contributed by atoms with Gasteiger partial charge in [0.1, 0.15) is 0 Å². The molecule has 1 rings (SSSR count). The molecule has 1 aliphatic heterocycles. The molecule has 0 aromatic heterocycles.